The van der Waals surface area contributed by atoms with Crippen molar-refractivity contribution in [2.45, 2.75) is 6.04 Å². The lowest BCUT2D eigenvalue weighted by Crippen LogP contribution is -2.43. The quantitative estimate of drug-likeness (QED) is 0.699. The summed E-state index contributed by atoms with van der Waals surface area (Å²) in [4.78, 5) is 25.8. The number of carbonyl (C=O) groups is 2. The number of aliphatic carboxylic acids is 1. The summed E-state index contributed by atoms with van der Waals surface area (Å²) >= 11 is 11.2. The number of aromatic nitrogens is 1. The molecule has 17 heavy (non-hydrogen) atoms. The van der Waals surface area contributed by atoms with Crippen LogP contribution in [-0.2, 0) is 4.79 Å². The summed E-state index contributed by atoms with van der Waals surface area (Å²) in [5.74, 6) is -2.05. The molecule has 0 unspecified atom stereocenters. The van der Waals surface area contributed by atoms with Crippen LogP contribution in [0.4, 0.5) is 0 Å². The highest BCUT2D eigenvalue weighted by molar-refractivity contribution is 6.33. The molecule has 8 heteroatoms. The second-order valence-corrected chi connectivity index (χ2v) is 3.82. The number of hydrogen-bond donors (Lipinski definition) is 3. The molecule has 0 aliphatic heterocycles. The lowest BCUT2D eigenvalue weighted by molar-refractivity contribution is -0.140. The first kappa shape index (κ1) is 13.7. The second-order valence-electron chi connectivity index (χ2n) is 3.05. The smallest absolute Gasteiger partial charge is 0.328 e. The summed E-state index contributed by atoms with van der Waals surface area (Å²) in [6, 6.07) is 1.09. The molecule has 1 atom stereocenters. The maximum absolute atomic E-state index is 11.6. The molecule has 6 nitrogen and oxygen atoms in total. The van der Waals surface area contributed by atoms with Crippen molar-refractivity contribution >= 4 is 35.1 Å². The largest absolute Gasteiger partial charge is 0.480 e. The van der Waals surface area contributed by atoms with E-state index in [4.69, 9.17) is 33.4 Å². The molecule has 1 amide bonds. The van der Waals surface area contributed by atoms with Gasteiger partial charge >= 0.3 is 5.97 Å². The lowest BCUT2D eigenvalue weighted by atomic mass is 10.2. The molecule has 0 spiro atoms. The summed E-state index contributed by atoms with van der Waals surface area (Å²) < 4.78 is 0. The number of carboxylic acid groups (broad SMARTS) is 1. The molecule has 1 heterocycles. The van der Waals surface area contributed by atoms with Crippen LogP contribution in [0.5, 0.6) is 0 Å². The van der Waals surface area contributed by atoms with Gasteiger partial charge in [0.1, 0.15) is 10.3 Å². The first-order valence-electron chi connectivity index (χ1n) is 4.41. The van der Waals surface area contributed by atoms with Crippen molar-refractivity contribution in [3.05, 3.63) is 28.0 Å². The number of pyridine rings is 1. The van der Waals surface area contributed by atoms with Gasteiger partial charge in [0, 0.05) is 5.56 Å². The van der Waals surface area contributed by atoms with Crippen molar-refractivity contribution in [2.24, 2.45) is 0 Å². The van der Waals surface area contributed by atoms with Crippen LogP contribution in [-0.4, -0.2) is 39.7 Å². The van der Waals surface area contributed by atoms with Crippen LogP contribution in [0, 0.1) is 0 Å². The number of carboxylic acids is 1. The molecule has 0 fully saturated rings. The van der Waals surface area contributed by atoms with E-state index in [2.05, 4.69) is 10.3 Å². The first-order valence-corrected chi connectivity index (χ1v) is 5.17. The number of nitrogens with zero attached hydrogens (tertiary/aromatic N) is 1. The fourth-order valence-electron chi connectivity index (χ4n) is 1.02. The average Bonchev–Trinajstić information content (AvgIpc) is 2.23. The molecule has 1 rings (SSSR count). The van der Waals surface area contributed by atoms with Crippen molar-refractivity contribution in [3.8, 4) is 0 Å². The predicted molar refractivity (Wildman–Crippen MR) is 60.2 cm³/mol. The Morgan fingerprint density at radius 2 is 1.88 bits per heavy atom. The highest BCUT2D eigenvalue weighted by atomic mass is 35.5. The standard InChI is InChI=1S/C9H8Cl2N2O4/c10-6-1-4(2-7(11)13-6)8(15)12-5(3-14)9(16)17/h1-2,5,14H,3H2,(H,12,15)(H,16,17)/t5-/m0/s1. The normalized spacial score (nSPS) is 11.9. The Morgan fingerprint density at radius 3 is 2.29 bits per heavy atom. The number of aliphatic hydroxyl groups is 1. The minimum Gasteiger partial charge on any atom is -0.480 e. The number of carbonyl (C=O) groups excluding carboxylic acids is 1. The van der Waals surface area contributed by atoms with Crippen LogP contribution >= 0.6 is 23.2 Å². The van der Waals surface area contributed by atoms with Gasteiger partial charge in [-0.2, -0.15) is 0 Å². The van der Waals surface area contributed by atoms with E-state index in [0.29, 0.717) is 0 Å². The molecular formula is C9H8Cl2N2O4. The molecule has 1 aromatic rings. The van der Waals surface area contributed by atoms with Gasteiger partial charge in [-0.05, 0) is 12.1 Å². The summed E-state index contributed by atoms with van der Waals surface area (Å²) in [5, 5.41) is 19.5. The van der Waals surface area contributed by atoms with E-state index in [1.807, 2.05) is 0 Å². The Bertz CT molecular complexity index is 432. The Labute approximate surface area is 106 Å². The molecule has 0 saturated heterocycles. The summed E-state index contributed by atoms with van der Waals surface area (Å²) in [6.07, 6.45) is 0. The third kappa shape index (κ3) is 3.85. The third-order valence-electron chi connectivity index (χ3n) is 1.81. The minimum absolute atomic E-state index is 0.0125. The monoisotopic (exact) mass is 278 g/mol. The minimum atomic E-state index is -1.38. The fourth-order valence-corrected chi connectivity index (χ4v) is 1.48. The number of hydrogen-bond acceptors (Lipinski definition) is 4. The molecular weight excluding hydrogens is 271 g/mol. The van der Waals surface area contributed by atoms with Crippen LogP contribution in [0.2, 0.25) is 10.3 Å². The molecule has 0 bridgehead atoms. The molecule has 92 valence electrons. The second kappa shape index (κ2) is 5.81. The van der Waals surface area contributed by atoms with Crippen molar-refractivity contribution < 1.29 is 19.8 Å². The highest BCUT2D eigenvalue weighted by Gasteiger charge is 2.20. The van der Waals surface area contributed by atoms with E-state index in [9.17, 15) is 9.59 Å². The van der Waals surface area contributed by atoms with Crippen molar-refractivity contribution in [1.82, 2.24) is 10.3 Å². The van der Waals surface area contributed by atoms with Crippen LogP contribution in [0.25, 0.3) is 0 Å². The SMILES string of the molecule is O=C(N[C@@H](CO)C(=O)O)c1cc(Cl)nc(Cl)c1. The Kier molecular flexibility index (Phi) is 4.68. The summed E-state index contributed by atoms with van der Waals surface area (Å²) in [6.45, 7) is -0.715. The third-order valence-corrected chi connectivity index (χ3v) is 2.20. The van der Waals surface area contributed by atoms with Gasteiger partial charge in [0.15, 0.2) is 6.04 Å². The zero-order valence-corrected chi connectivity index (χ0v) is 9.87. The van der Waals surface area contributed by atoms with E-state index in [-0.39, 0.29) is 15.9 Å². The summed E-state index contributed by atoms with van der Waals surface area (Å²) in [7, 11) is 0. The van der Waals surface area contributed by atoms with E-state index in [1.165, 1.54) is 12.1 Å². The van der Waals surface area contributed by atoms with Crippen LogP contribution in [0.3, 0.4) is 0 Å². The topological polar surface area (TPSA) is 99.5 Å². The molecule has 3 N–H and O–H groups in total. The number of halogens is 2. The summed E-state index contributed by atoms with van der Waals surface area (Å²) in [5.41, 5.74) is 0.0645. The number of nitrogens with one attached hydrogen (secondary N) is 1. The van der Waals surface area contributed by atoms with Gasteiger partial charge in [-0.3, -0.25) is 4.79 Å². The van der Waals surface area contributed by atoms with E-state index in [0.717, 1.165) is 0 Å². The number of aliphatic hydroxyl groups excluding tert-OH is 1. The molecule has 0 saturated carbocycles. The Balaban J connectivity index is 2.86. The fraction of sp³-hybridized carbons (Fsp3) is 0.222. The molecule has 1 aromatic heterocycles. The maximum atomic E-state index is 11.6. The van der Waals surface area contributed by atoms with Gasteiger partial charge in [0.25, 0.3) is 5.91 Å². The van der Waals surface area contributed by atoms with E-state index in [1.54, 1.807) is 0 Å². The van der Waals surface area contributed by atoms with Gasteiger partial charge in [-0.1, -0.05) is 23.2 Å². The van der Waals surface area contributed by atoms with Gasteiger partial charge in [-0.25, -0.2) is 9.78 Å². The first-order chi connectivity index (χ1) is 7.93. The van der Waals surface area contributed by atoms with E-state index < -0.39 is 24.5 Å². The van der Waals surface area contributed by atoms with Gasteiger partial charge in [0.05, 0.1) is 6.61 Å². The molecule has 0 aromatic carbocycles. The molecule has 0 aliphatic rings. The number of rotatable bonds is 4. The zero-order chi connectivity index (χ0) is 13.0. The highest BCUT2D eigenvalue weighted by Crippen LogP contribution is 2.14. The molecule has 0 aliphatic carbocycles. The van der Waals surface area contributed by atoms with Gasteiger partial charge in [-0.15, -0.1) is 0 Å². The van der Waals surface area contributed by atoms with Crippen molar-refractivity contribution in [3.63, 3.8) is 0 Å². The van der Waals surface area contributed by atoms with Crippen molar-refractivity contribution in [1.29, 1.82) is 0 Å². The van der Waals surface area contributed by atoms with E-state index >= 15 is 0 Å². The van der Waals surface area contributed by atoms with Crippen LogP contribution in [0.1, 0.15) is 10.4 Å². The molecule has 0 radical (unpaired) electrons. The van der Waals surface area contributed by atoms with Crippen LogP contribution < -0.4 is 5.32 Å². The lowest BCUT2D eigenvalue weighted by Gasteiger charge is -2.11. The van der Waals surface area contributed by atoms with Crippen LogP contribution in [0.15, 0.2) is 12.1 Å². The maximum Gasteiger partial charge on any atom is 0.328 e. The van der Waals surface area contributed by atoms with Gasteiger partial charge in [0.2, 0.25) is 0 Å². The van der Waals surface area contributed by atoms with Crippen molar-refractivity contribution in [2.75, 3.05) is 6.61 Å². The zero-order valence-electron chi connectivity index (χ0n) is 8.35. The number of amides is 1. The Morgan fingerprint density at radius 1 is 1.35 bits per heavy atom. The van der Waals surface area contributed by atoms with Gasteiger partial charge < -0.3 is 15.5 Å². The Hall–Kier alpha value is -1.37. The predicted octanol–water partition coefficient (Wildman–Crippen LogP) is 0.564. The average molecular weight is 279 g/mol.